The number of ether oxygens (including phenoxy) is 1. The highest BCUT2D eigenvalue weighted by molar-refractivity contribution is 7.89. The van der Waals surface area contributed by atoms with Crippen LogP contribution in [0.4, 0.5) is 0 Å². The number of rotatable bonds is 9. The largest absolute Gasteiger partial charge is 0.475 e. The van der Waals surface area contributed by atoms with Gasteiger partial charge in [0.05, 0.1) is 11.0 Å². The predicted octanol–water partition coefficient (Wildman–Crippen LogP) is 3.01. The second kappa shape index (κ2) is 9.69. The number of fused-ring (bicyclic) bond motifs is 1. The van der Waals surface area contributed by atoms with Gasteiger partial charge < -0.3 is 10.1 Å². The Morgan fingerprint density at radius 3 is 2.53 bits per heavy atom. The number of pyridine rings is 1. The molecule has 0 atom stereocenters. The predicted molar refractivity (Wildman–Crippen MR) is 116 cm³/mol. The van der Waals surface area contributed by atoms with Gasteiger partial charge in [0.25, 0.3) is 0 Å². The molecule has 0 aliphatic rings. The summed E-state index contributed by atoms with van der Waals surface area (Å²) in [6.07, 6.45) is 1.72. The molecule has 2 N–H and O–H groups in total. The minimum absolute atomic E-state index is 0.0143. The first-order chi connectivity index (χ1) is 14.3. The Morgan fingerprint density at radius 1 is 1.07 bits per heavy atom. The Balaban J connectivity index is 1.47. The van der Waals surface area contributed by atoms with Crippen molar-refractivity contribution in [2.24, 2.45) is 0 Å². The van der Waals surface area contributed by atoms with Gasteiger partial charge in [0.2, 0.25) is 21.8 Å². The molecule has 0 spiro atoms. The monoisotopic (exact) mass is 427 g/mol. The highest BCUT2D eigenvalue weighted by Gasteiger charge is 2.14. The van der Waals surface area contributed by atoms with Gasteiger partial charge in [-0.2, -0.15) is 0 Å². The van der Waals surface area contributed by atoms with Gasteiger partial charge in [-0.25, -0.2) is 18.1 Å². The first kappa shape index (κ1) is 21.7. The molecule has 0 aliphatic heterocycles. The fraction of sp³-hybridized carbons (Fsp3) is 0.273. The smallest absolute Gasteiger partial charge is 0.240 e. The summed E-state index contributed by atoms with van der Waals surface area (Å²) < 4.78 is 32.9. The van der Waals surface area contributed by atoms with Gasteiger partial charge in [0.1, 0.15) is 0 Å². The quantitative estimate of drug-likeness (QED) is 0.547. The van der Waals surface area contributed by atoms with E-state index in [2.05, 4.69) is 15.0 Å². The summed E-state index contributed by atoms with van der Waals surface area (Å²) in [7, 11) is -3.68. The molecule has 0 bridgehead atoms. The number of hydrogen-bond donors (Lipinski definition) is 2. The molecule has 3 aromatic rings. The van der Waals surface area contributed by atoms with Crippen molar-refractivity contribution >= 4 is 26.7 Å². The van der Waals surface area contributed by atoms with E-state index in [0.29, 0.717) is 12.4 Å². The van der Waals surface area contributed by atoms with Gasteiger partial charge in [-0.3, -0.25) is 4.79 Å². The number of carbonyl (C=O) groups excluding carboxylic acids is 1. The van der Waals surface area contributed by atoms with Gasteiger partial charge >= 0.3 is 0 Å². The van der Waals surface area contributed by atoms with Crippen LogP contribution in [0.5, 0.6) is 5.88 Å². The number of sulfonamides is 1. The minimum Gasteiger partial charge on any atom is -0.475 e. The first-order valence-electron chi connectivity index (χ1n) is 9.70. The maximum Gasteiger partial charge on any atom is 0.240 e. The maximum atomic E-state index is 12.5. The van der Waals surface area contributed by atoms with Crippen molar-refractivity contribution in [1.82, 2.24) is 15.0 Å². The summed E-state index contributed by atoms with van der Waals surface area (Å²) >= 11 is 0. The molecule has 0 saturated heterocycles. The zero-order chi connectivity index (χ0) is 21.6. The Bertz CT molecular complexity index is 1110. The third-order valence-corrected chi connectivity index (χ3v) is 5.78. The Labute approximate surface area is 176 Å². The molecule has 0 unspecified atom stereocenters. The van der Waals surface area contributed by atoms with Gasteiger partial charge in [-0.15, -0.1) is 0 Å². The first-order valence-corrected chi connectivity index (χ1v) is 11.2. The van der Waals surface area contributed by atoms with Crippen molar-refractivity contribution in [3.05, 3.63) is 66.4 Å². The number of nitrogens with one attached hydrogen (secondary N) is 2. The molecule has 1 aromatic heterocycles. The molecule has 30 heavy (non-hydrogen) atoms. The molecule has 1 heterocycles. The summed E-state index contributed by atoms with van der Waals surface area (Å²) in [5.74, 6) is 0.280. The van der Waals surface area contributed by atoms with Crippen LogP contribution in [-0.2, 0) is 21.4 Å². The number of nitrogens with zero attached hydrogens (tertiary/aromatic N) is 1. The Hall–Kier alpha value is -2.97. The molecule has 3 rings (SSSR count). The molecule has 0 saturated carbocycles. The van der Waals surface area contributed by atoms with Crippen LogP contribution in [0.15, 0.2) is 65.7 Å². The lowest BCUT2D eigenvalue weighted by atomic mass is 10.1. The van der Waals surface area contributed by atoms with E-state index >= 15 is 0 Å². The minimum atomic E-state index is -3.68. The van der Waals surface area contributed by atoms with E-state index in [0.717, 1.165) is 16.3 Å². The molecule has 1 amide bonds. The molecular weight excluding hydrogens is 402 g/mol. The van der Waals surface area contributed by atoms with Gasteiger partial charge in [0, 0.05) is 31.8 Å². The summed E-state index contributed by atoms with van der Waals surface area (Å²) in [5.41, 5.74) is 0.830. The molecule has 0 radical (unpaired) electrons. The van der Waals surface area contributed by atoms with E-state index in [-0.39, 0.29) is 29.9 Å². The van der Waals surface area contributed by atoms with Crippen LogP contribution in [0.25, 0.3) is 10.8 Å². The van der Waals surface area contributed by atoms with Gasteiger partial charge in [-0.1, -0.05) is 36.4 Å². The third kappa shape index (κ3) is 6.01. The van der Waals surface area contributed by atoms with E-state index in [4.69, 9.17) is 4.74 Å². The van der Waals surface area contributed by atoms with Crippen molar-refractivity contribution in [3.8, 4) is 5.88 Å². The molecule has 158 valence electrons. The van der Waals surface area contributed by atoms with Crippen molar-refractivity contribution in [3.63, 3.8) is 0 Å². The molecular formula is C22H25N3O4S. The van der Waals surface area contributed by atoms with Crippen LogP contribution in [0.2, 0.25) is 0 Å². The summed E-state index contributed by atoms with van der Waals surface area (Å²) in [6, 6.07) is 16.1. The SMILES string of the molecule is CC(C)Oc1ccc(CNC(=O)CCNS(=O)(=O)c2ccc3ccccc3c2)cn1. The lowest BCUT2D eigenvalue weighted by molar-refractivity contribution is -0.121. The van der Waals surface area contributed by atoms with E-state index in [9.17, 15) is 13.2 Å². The molecule has 2 aromatic carbocycles. The summed E-state index contributed by atoms with van der Waals surface area (Å²) in [6.45, 7) is 4.17. The van der Waals surface area contributed by atoms with Crippen molar-refractivity contribution in [2.45, 2.75) is 37.8 Å². The molecule has 0 fully saturated rings. The highest BCUT2D eigenvalue weighted by atomic mass is 32.2. The highest BCUT2D eigenvalue weighted by Crippen LogP contribution is 2.18. The normalized spacial score (nSPS) is 11.6. The number of aromatic nitrogens is 1. The van der Waals surface area contributed by atoms with Crippen molar-refractivity contribution < 1.29 is 17.9 Å². The van der Waals surface area contributed by atoms with E-state index in [1.165, 1.54) is 0 Å². The van der Waals surface area contributed by atoms with E-state index in [1.807, 2.05) is 44.2 Å². The average molecular weight is 428 g/mol. The van der Waals surface area contributed by atoms with Crippen molar-refractivity contribution in [1.29, 1.82) is 0 Å². The van der Waals surface area contributed by atoms with Crippen LogP contribution in [0.1, 0.15) is 25.8 Å². The maximum absolute atomic E-state index is 12.5. The topological polar surface area (TPSA) is 97.4 Å². The zero-order valence-electron chi connectivity index (χ0n) is 17.0. The average Bonchev–Trinajstić information content (AvgIpc) is 2.72. The van der Waals surface area contributed by atoms with Crippen LogP contribution in [0.3, 0.4) is 0 Å². The van der Waals surface area contributed by atoms with Crippen LogP contribution < -0.4 is 14.8 Å². The van der Waals surface area contributed by atoms with E-state index in [1.54, 1.807) is 30.5 Å². The lowest BCUT2D eigenvalue weighted by Crippen LogP contribution is -2.30. The molecule has 8 heteroatoms. The second-order valence-electron chi connectivity index (χ2n) is 7.10. The van der Waals surface area contributed by atoms with Gasteiger partial charge in [0.15, 0.2) is 0 Å². The zero-order valence-corrected chi connectivity index (χ0v) is 17.8. The lowest BCUT2D eigenvalue weighted by Gasteiger charge is -2.10. The standard InChI is InChI=1S/C22H25N3O4S/c1-16(2)29-22-10-7-17(15-24-22)14-23-21(26)11-12-25-30(27,28)20-9-8-18-5-3-4-6-19(18)13-20/h3-10,13,15-16,25H,11-12,14H2,1-2H3,(H,23,26). The van der Waals surface area contributed by atoms with Crippen molar-refractivity contribution in [2.75, 3.05) is 6.54 Å². The van der Waals surface area contributed by atoms with Crippen LogP contribution >= 0.6 is 0 Å². The number of carbonyl (C=O) groups is 1. The molecule has 7 nitrogen and oxygen atoms in total. The summed E-state index contributed by atoms with van der Waals surface area (Å²) in [4.78, 5) is 16.4. The fourth-order valence-electron chi connectivity index (χ4n) is 2.83. The second-order valence-corrected chi connectivity index (χ2v) is 8.87. The van der Waals surface area contributed by atoms with E-state index < -0.39 is 10.0 Å². The van der Waals surface area contributed by atoms with Crippen LogP contribution in [-0.4, -0.2) is 32.0 Å². The molecule has 0 aliphatic carbocycles. The summed E-state index contributed by atoms with van der Waals surface area (Å²) in [5, 5.41) is 4.57. The fourth-order valence-corrected chi connectivity index (χ4v) is 3.90. The van der Waals surface area contributed by atoms with Gasteiger partial charge in [-0.05, 0) is 42.3 Å². The number of benzene rings is 2. The Kier molecular flexibility index (Phi) is 7.02. The number of hydrogen-bond acceptors (Lipinski definition) is 5. The number of amides is 1. The third-order valence-electron chi connectivity index (χ3n) is 4.32. The van der Waals surface area contributed by atoms with Crippen LogP contribution in [0, 0.1) is 0 Å². The Morgan fingerprint density at radius 2 is 1.83 bits per heavy atom.